The number of morpholine rings is 1. The van der Waals surface area contributed by atoms with Crippen molar-refractivity contribution in [3.05, 3.63) is 30.1 Å². The highest BCUT2D eigenvalue weighted by atomic mass is 32.2. The molecule has 25 heavy (non-hydrogen) atoms. The lowest BCUT2D eigenvalue weighted by Crippen LogP contribution is -2.60. The van der Waals surface area contributed by atoms with Gasteiger partial charge < -0.3 is 9.64 Å². The number of piperidine rings is 1. The molecule has 2 saturated heterocycles. The van der Waals surface area contributed by atoms with Crippen LogP contribution in [0, 0.1) is 0 Å². The molecule has 2 aliphatic rings. The molecule has 2 atom stereocenters. The average Bonchev–Trinajstić information content (AvgIpc) is 2.60. The van der Waals surface area contributed by atoms with Gasteiger partial charge in [0.2, 0.25) is 5.91 Å². The summed E-state index contributed by atoms with van der Waals surface area (Å²) >= 11 is 0. The number of carbonyl (C=O) groups excluding carboxylic acids is 1. The van der Waals surface area contributed by atoms with Crippen molar-refractivity contribution in [2.45, 2.75) is 31.5 Å². The number of hydrogen-bond acceptors (Lipinski definition) is 6. The molecular weight excluding hydrogens is 342 g/mol. The quantitative estimate of drug-likeness (QED) is 0.746. The molecule has 1 aromatic rings. The van der Waals surface area contributed by atoms with Gasteiger partial charge in [0.25, 0.3) is 0 Å². The van der Waals surface area contributed by atoms with E-state index >= 15 is 0 Å². The van der Waals surface area contributed by atoms with Crippen molar-refractivity contribution >= 4 is 15.7 Å². The highest BCUT2D eigenvalue weighted by Crippen LogP contribution is 2.25. The lowest BCUT2D eigenvalue weighted by molar-refractivity contribution is -0.143. The second kappa shape index (κ2) is 7.80. The van der Waals surface area contributed by atoms with Crippen LogP contribution in [0.15, 0.2) is 24.5 Å². The third-order valence-electron chi connectivity index (χ3n) is 4.87. The summed E-state index contributed by atoms with van der Waals surface area (Å²) in [6, 6.07) is 4.16. The number of ether oxygens (including phenoxy) is 1. The summed E-state index contributed by atoms with van der Waals surface area (Å²) in [7, 11) is -3.12. The monoisotopic (exact) mass is 367 g/mol. The zero-order chi connectivity index (χ0) is 17.9. The number of aromatic nitrogens is 1. The van der Waals surface area contributed by atoms with E-state index in [0.717, 1.165) is 25.8 Å². The number of hydrogen-bond donors (Lipinski definition) is 0. The molecule has 8 heteroatoms. The van der Waals surface area contributed by atoms with E-state index in [4.69, 9.17) is 4.74 Å². The molecule has 3 rings (SSSR count). The Kier molecular flexibility index (Phi) is 5.71. The van der Waals surface area contributed by atoms with Gasteiger partial charge in [-0.25, -0.2) is 8.42 Å². The molecule has 0 radical (unpaired) electrons. The molecule has 1 amide bonds. The van der Waals surface area contributed by atoms with E-state index in [0.29, 0.717) is 19.7 Å². The van der Waals surface area contributed by atoms with Gasteiger partial charge in [0.1, 0.15) is 9.84 Å². The van der Waals surface area contributed by atoms with E-state index in [-0.39, 0.29) is 30.2 Å². The molecule has 0 N–H and O–H groups in total. The molecule has 0 unspecified atom stereocenters. The van der Waals surface area contributed by atoms with Gasteiger partial charge in [-0.1, -0.05) is 0 Å². The maximum absolute atomic E-state index is 12.4. The van der Waals surface area contributed by atoms with Gasteiger partial charge in [-0.2, -0.15) is 0 Å². The van der Waals surface area contributed by atoms with Crippen LogP contribution in [-0.2, 0) is 25.9 Å². The Hall–Kier alpha value is -1.51. The lowest BCUT2D eigenvalue weighted by atomic mass is 9.98. The van der Waals surface area contributed by atoms with Crippen molar-refractivity contribution in [3.8, 4) is 0 Å². The van der Waals surface area contributed by atoms with Gasteiger partial charge in [0.05, 0.1) is 24.5 Å². The molecule has 2 aliphatic heterocycles. The molecule has 0 saturated carbocycles. The summed E-state index contributed by atoms with van der Waals surface area (Å²) in [5, 5.41) is 0. The highest BCUT2D eigenvalue weighted by Gasteiger charge is 2.38. The standard InChI is InChI=1S/C17H25N3O4S/c1-25(22,23)11-5-17(21)20-8-4-16-15(13-20)19(9-10-24-16)12-14-2-6-18-7-3-14/h2-3,6-7,15-16H,4-5,8-13H2,1H3/t15-,16-/m0/s1. The van der Waals surface area contributed by atoms with Gasteiger partial charge in [-0.3, -0.25) is 14.7 Å². The molecule has 7 nitrogen and oxygen atoms in total. The van der Waals surface area contributed by atoms with Gasteiger partial charge >= 0.3 is 0 Å². The zero-order valence-electron chi connectivity index (χ0n) is 14.5. The Morgan fingerprint density at radius 1 is 1.32 bits per heavy atom. The van der Waals surface area contributed by atoms with E-state index in [1.807, 2.05) is 12.1 Å². The van der Waals surface area contributed by atoms with E-state index < -0.39 is 9.84 Å². The van der Waals surface area contributed by atoms with Crippen molar-refractivity contribution in [2.24, 2.45) is 0 Å². The summed E-state index contributed by atoms with van der Waals surface area (Å²) in [5.41, 5.74) is 1.19. The first-order valence-corrected chi connectivity index (χ1v) is 10.7. The number of nitrogens with zero attached hydrogens (tertiary/aromatic N) is 3. The van der Waals surface area contributed by atoms with Crippen molar-refractivity contribution < 1.29 is 17.9 Å². The van der Waals surface area contributed by atoms with Crippen LogP contribution < -0.4 is 0 Å². The van der Waals surface area contributed by atoms with E-state index in [9.17, 15) is 13.2 Å². The smallest absolute Gasteiger partial charge is 0.223 e. The second-order valence-electron chi connectivity index (χ2n) is 6.81. The Morgan fingerprint density at radius 2 is 2.08 bits per heavy atom. The minimum absolute atomic E-state index is 0.0570. The maximum atomic E-state index is 12.4. The number of pyridine rings is 1. The largest absolute Gasteiger partial charge is 0.375 e. The zero-order valence-corrected chi connectivity index (χ0v) is 15.3. The second-order valence-corrected chi connectivity index (χ2v) is 9.07. The van der Waals surface area contributed by atoms with E-state index in [1.165, 1.54) is 5.56 Å². The Bertz CT molecular complexity index is 695. The predicted molar refractivity (Wildman–Crippen MR) is 93.7 cm³/mol. The van der Waals surface area contributed by atoms with Crippen molar-refractivity contribution in [1.82, 2.24) is 14.8 Å². The van der Waals surface area contributed by atoms with Crippen molar-refractivity contribution in [1.29, 1.82) is 0 Å². The van der Waals surface area contributed by atoms with Crippen LogP contribution in [0.2, 0.25) is 0 Å². The first kappa shape index (κ1) is 18.3. The van der Waals surface area contributed by atoms with E-state index in [2.05, 4.69) is 9.88 Å². The topological polar surface area (TPSA) is 79.8 Å². The molecular formula is C17H25N3O4S. The SMILES string of the molecule is CS(=O)(=O)CCC(=O)N1CC[C@@H]2OCCN(Cc3ccncc3)[C@H]2C1. The summed E-state index contributed by atoms with van der Waals surface area (Å²) in [6.07, 6.45) is 5.72. The first-order valence-electron chi connectivity index (χ1n) is 8.62. The molecule has 0 aliphatic carbocycles. The lowest BCUT2D eigenvalue weighted by Gasteiger charge is -2.47. The van der Waals surface area contributed by atoms with Gasteiger partial charge in [-0.05, 0) is 24.1 Å². The maximum Gasteiger partial charge on any atom is 0.223 e. The number of amides is 1. The molecule has 2 fully saturated rings. The Balaban J connectivity index is 1.63. The van der Waals surface area contributed by atoms with Crippen LogP contribution in [-0.4, -0.2) is 79.5 Å². The average molecular weight is 367 g/mol. The summed E-state index contributed by atoms with van der Waals surface area (Å²) in [5.74, 6) is -0.175. The number of carbonyl (C=O) groups is 1. The summed E-state index contributed by atoms with van der Waals surface area (Å²) in [6.45, 7) is 3.56. The van der Waals surface area contributed by atoms with Crippen LogP contribution in [0.3, 0.4) is 0 Å². The Morgan fingerprint density at radius 3 is 2.80 bits per heavy atom. The van der Waals surface area contributed by atoms with Crippen LogP contribution in [0.5, 0.6) is 0 Å². The van der Waals surface area contributed by atoms with Crippen molar-refractivity contribution in [3.63, 3.8) is 0 Å². The number of likely N-dealkylation sites (tertiary alicyclic amines) is 1. The minimum atomic E-state index is -3.12. The number of rotatable bonds is 5. The van der Waals surface area contributed by atoms with E-state index in [1.54, 1.807) is 17.3 Å². The first-order chi connectivity index (χ1) is 11.9. The fourth-order valence-electron chi connectivity index (χ4n) is 3.52. The van der Waals surface area contributed by atoms with Crippen LogP contribution in [0.25, 0.3) is 0 Å². The van der Waals surface area contributed by atoms with Gasteiger partial charge in [0.15, 0.2) is 0 Å². The van der Waals surface area contributed by atoms with Gasteiger partial charge in [-0.15, -0.1) is 0 Å². The normalized spacial score (nSPS) is 24.8. The third kappa shape index (κ3) is 4.99. The third-order valence-corrected chi connectivity index (χ3v) is 5.82. The highest BCUT2D eigenvalue weighted by molar-refractivity contribution is 7.90. The van der Waals surface area contributed by atoms with Crippen LogP contribution in [0.4, 0.5) is 0 Å². The predicted octanol–water partition coefficient (Wildman–Crippen LogP) is 0.318. The summed E-state index contributed by atoms with van der Waals surface area (Å²) < 4.78 is 28.5. The number of fused-ring (bicyclic) bond motifs is 1. The number of sulfone groups is 1. The molecule has 0 bridgehead atoms. The van der Waals surface area contributed by atoms with Crippen LogP contribution in [0.1, 0.15) is 18.4 Å². The minimum Gasteiger partial charge on any atom is -0.375 e. The van der Waals surface area contributed by atoms with Crippen LogP contribution >= 0.6 is 0 Å². The summed E-state index contributed by atoms with van der Waals surface area (Å²) in [4.78, 5) is 20.6. The fourth-order valence-corrected chi connectivity index (χ4v) is 4.06. The van der Waals surface area contributed by atoms with Crippen molar-refractivity contribution in [2.75, 3.05) is 38.2 Å². The molecule has 1 aromatic heterocycles. The molecule has 3 heterocycles. The van der Waals surface area contributed by atoms with Gasteiger partial charge in [0, 0.05) is 51.2 Å². The molecule has 0 aromatic carbocycles. The fraction of sp³-hybridized carbons (Fsp3) is 0.647. The Labute approximate surface area is 148 Å². The molecule has 138 valence electrons. The molecule has 0 spiro atoms.